The first kappa shape index (κ1) is 14.9. The summed E-state index contributed by atoms with van der Waals surface area (Å²) in [6, 6.07) is 7.95. The smallest absolute Gasteiger partial charge is 0.124 e. The van der Waals surface area contributed by atoms with Gasteiger partial charge in [-0.05, 0) is 44.8 Å². The van der Waals surface area contributed by atoms with Crippen LogP contribution in [0.15, 0.2) is 24.3 Å². The molecule has 0 spiro atoms. The van der Waals surface area contributed by atoms with E-state index < -0.39 is 6.10 Å². The normalized spacial score (nSPS) is 23.9. The Morgan fingerprint density at radius 1 is 1.05 bits per heavy atom. The minimum absolute atomic E-state index is 0.0744. The van der Waals surface area contributed by atoms with Gasteiger partial charge in [0, 0.05) is 5.56 Å². The molecule has 1 saturated heterocycles. The highest BCUT2D eigenvalue weighted by molar-refractivity contribution is 5.37. The van der Waals surface area contributed by atoms with Crippen molar-refractivity contribution >= 4 is 0 Å². The molecule has 0 bridgehead atoms. The number of rotatable bonds is 4. The van der Waals surface area contributed by atoms with E-state index in [0.717, 1.165) is 37.2 Å². The summed E-state index contributed by atoms with van der Waals surface area (Å²) in [6.07, 6.45) is 8.07. The van der Waals surface area contributed by atoms with Gasteiger partial charge in [-0.25, -0.2) is 0 Å². The standard InChI is InChI=1S/C18H27NO2/c1-21-16-10-4-3-9-15(16)17(20)18(11-5-6-12-18)19-13-7-2-8-14-19/h3-4,9-10,17,20H,2,5-8,11-14H2,1H3. The van der Waals surface area contributed by atoms with Gasteiger partial charge >= 0.3 is 0 Å². The molecule has 116 valence electrons. The molecule has 2 fully saturated rings. The Morgan fingerprint density at radius 3 is 2.38 bits per heavy atom. The number of aliphatic hydroxyl groups excluding tert-OH is 1. The van der Waals surface area contributed by atoms with E-state index in [-0.39, 0.29) is 5.54 Å². The summed E-state index contributed by atoms with van der Waals surface area (Å²) >= 11 is 0. The van der Waals surface area contributed by atoms with Crippen molar-refractivity contribution in [1.29, 1.82) is 0 Å². The highest BCUT2D eigenvalue weighted by atomic mass is 16.5. The van der Waals surface area contributed by atoms with Crippen LogP contribution in [-0.2, 0) is 0 Å². The molecule has 1 aliphatic heterocycles. The van der Waals surface area contributed by atoms with E-state index in [2.05, 4.69) is 4.90 Å². The molecule has 21 heavy (non-hydrogen) atoms. The number of hydrogen-bond donors (Lipinski definition) is 1. The van der Waals surface area contributed by atoms with Crippen molar-refractivity contribution in [3.8, 4) is 5.75 Å². The molecular formula is C18H27NO2. The second-order valence-corrected chi connectivity index (χ2v) is 6.50. The fourth-order valence-electron chi connectivity index (χ4n) is 4.27. The maximum Gasteiger partial charge on any atom is 0.124 e. The number of likely N-dealkylation sites (tertiary alicyclic amines) is 1. The van der Waals surface area contributed by atoms with Gasteiger partial charge in [0.2, 0.25) is 0 Å². The van der Waals surface area contributed by atoms with Crippen molar-refractivity contribution in [3.05, 3.63) is 29.8 Å². The summed E-state index contributed by atoms with van der Waals surface area (Å²) < 4.78 is 5.48. The number of piperidine rings is 1. The maximum absolute atomic E-state index is 11.2. The average molecular weight is 289 g/mol. The van der Waals surface area contributed by atoms with Crippen molar-refractivity contribution in [1.82, 2.24) is 4.90 Å². The van der Waals surface area contributed by atoms with Crippen molar-refractivity contribution < 1.29 is 9.84 Å². The Morgan fingerprint density at radius 2 is 1.71 bits per heavy atom. The van der Waals surface area contributed by atoms with Gasteiger partial charge in [0.1, 0.15) is 11.9 Å². The van der Waals surface area contributed by atoms with Crippen LogP contribution in [-0.4, -0.2) is 35.7 Å². The number of aliphatic hydroxyl groups is 1. The third kappa shape index (κ3) is 2.69. The zero-order valence-electron chi connectivity index (χ0n) is 13.1. The van der Waals surface area contributed by atoms with E-state index >= 15 is 0 Å². The van der Waals surface area contributed by atoms with Gasteiger partial charge in [-0.2, -0.15) is 0 Å². The maximum atomic E-state index is 11.2. The van der Waals surface area contributed by atoms with E-state index in [1.54, 1.807) is 7.11 Å². The van der Waals surface area contributed by atoms with Gasteiger partial charge in [-0.1, -0.05) is 37.5 Å². The minimum atomic E-state index is -0.450. The minimum Gasteiger partial charge on any atom is -0.496 e. The van der Waals surface area contributed by atoms with Crippen LogP contribution >= 0.6 is 0 Å². The lowest BCUT2D eigenvalue weighted by Crippen LogP contribution is -2.53. The summed E-state index contributed by atoms with van der Waals surface area (Å²) in [5, 5.41) is 11.2. The number of methoxy groups -OCH3 is 1. The SMILES string of the molecule is COc1ccccc1C(O)C1(N2CCCCC2)CCCC1. The first-order valence-electron chi connectivity index (χ1n) is 8.34. The third-order valence-corrected chi connectivity index (χ3v) is 5.40. The topological polar surface area (TPSA) is 32.7 Å². The van der Waals surface area contributed by atoms with Gasteiger partial charge in [0.15, 0.2) is 0 Å². The van der Waals surface area contributed by atoms with Crippen LogP contribution in [0.2, 0.25) is 0 Å². The monoisotopic (exact) mass is 289 g/mol. The van der Waals surface area contributed by atoms with Crippen LogP contribution < -0.4 is 4.74 Å². The summed E-state index contributed by atoms with van der Waals surface area (Å²) in [5.41, 5.74) is 0.877. The number of benzene rings is 1. The lowest BCUT2D eigenvalue weighted by atomic mass is 9.82. The van der Waals surface area contributed by atoms with Crippen LogP contribution in [0.25, 0.3) is 0 Å². The van der Waals surface area contributed by atoms with Gasteiger partial charge in [-0.15, -0.1) is 0 Å². The average Bonchev–Trinajstić information content (AvgIpc) is 3.06. The lowest BCUT2D eigenvalue weighted by molar-refractivity contribution is -0.0413. The third-order valence-electron chi connectivity index (χ3n) is 5.40. The predicted octanol–water partition coefficient (Wildman–Crippen LogP) is 3.53. The number of hydrogen-bond acceptors (Lipinski definition) is 3. The van der Waals surface area contributed by atoms with E-state index in [9.17, 15) is 5.11 Å². The van der Waals surface area contributed by atoms with Crippen molar-refractivity contribution in [2.75, 3.05) is 20.2 Å². The molecule has 3 nitrogen and oxygen atoms in total. The van der Waals surface area contributed by atoms with Gasteiger partial charge in [0.05, 0.1) is 12.6 Å². The van der Waals surface area contributed by atoms with Gasteiger partial charge in [0.25, 0.3) is 0 Å². The molecule has 1 aromatic rings. The zero-order valence-corrected chi connectivity index (χ0v) is 13.1. The van der Waals surface area contributed by atoms with E-state index in [1.165, 1.54) is 32.1 Å². The Kier molecular flexibility index (Phi) is 4.51. The lowest BCUT2D eigenvalue weighted by Gasteiger charge is -2.46. The molecule has 0 aromatic heterocycles. The van der Waals surface area contributed by atoms with Crippen LogP contribution in [0.4, 0.5) is 0 Å². The summed E-state index contributed by atoms with van der Waals surface area (Å²) in [7, 11) is 1.69. The molecule has 1 aliphatic carbocycles. The van der Waals surface area contributed by atoms with E-state index in [4.69, 9.17) is 4.74 Å². The van der Waals surface area contributed by atoms with Crippen molar-refractivity contribution in [3.63, 3.8) is 0 Å². The molecule has 2 aliphatic rings. The van der Waals surface area contributed by atoms with Crippen LogP contribution in [0, 0.1) is 0 Å². The Labute approximate surface area is 127 Å². The van der Waals surface area contributed by atoms with Crippen molar-refractivity contribution in [2.45, 2.75) is 56.6 Å². The van der Waals surface area contributed by atoms with E-state index in [1.807, 2.05) is 24.3 Å². The summed E-state index contributed by atoms with van der Waals surface area (Å²) in [6.45, 7) is 2.26. The molecule has 1 atom stereocenters. The molecule has 1 saturated carbocycles. The van der Waals surface area contributed by atoms with Crippen molar-refractivity contribution in [2.24, 2.45) is 0 Å². The highest BCUT2D eigenvalue weighted by Gasteiger charge is 2.46. The molecular weight excluding hydrogens is 262 g/mol. The fourth-order valence-corrected chi connectivity index (χ4v) is 4.27. The predicted molar refractivity (Wildman–Crippen MR) is 84.6 cm³/mol. The van der Waals surface area contributed by atoms with Crippen LogP contribution in [0.5, 0.6) is 5.75 Å². The molecule has 3 rings (SSSR count). The molecule has 0 radical (unpaired) electrons. The molecule has 3 heteroatoms. The molecule has 1 N–H and O–H groups in total. The summed E-state index contributed by atoms with van der Waals surface area (Å²) in [4.78, 5) is 2.57. The fraction of sp³-hybridized carbons (Fsp3) is 0.667. The Bertz CT molecular complexity index is 462. The first-order chi connectivity index (χ1) is 10.3. The van der Waals surface area contributed by atoms with Crippen LogP contribution in [0.1, 0.15) is 56.6 Å². The molecule has 0 amide bonds. The highest BCUT2D eigenvalue weighted by Crippen LogP contribution is 2.47. The second-order valence-electron chi connectivity index (χ2n) is 6.50. The summed E-state index contributed by atoms with van der Waals surface area (Å²) in [5.74, 6) is 0.813. The number of para-hydroxylation sites is 1. The van der Waals surface area contributed by atoms with Crippen LogP contribution in [0.3, 0.4) is 0 Å². The molecule has 1 unspecified atom stereocenters. The van der Waals surface area contributed by atoms with E-state index in [0.29, 0.717) is 0 Å². The quantitative estimate of drug-likeness (QED) is 0.920. The number of nitrogens with zero attached hydrogens (tertiary/aromatic N) is 1. The largest absolute Gasteiger partial charge is 0.496 e. The Balaban J connectivity index is 1.92. The Hall–Kier alpha value is -1.06. The van der Waals surface area contributed by atoms with Gasteiger partial charge < -0.3 is 9.84 Å². The molecule has 1 aromatic carbocycles. The second kappa shape index (κ2) is 6.37. The number of ether oxygens (including phenoxy) is 1. The first-order valence-corrected chi connectivity index (χ1v) is 8.34. The molecule has 1 heterocycles. The zero-order chi connectivity index (χ0) is 14.7. The van der Waals surface area contributed by atoms with Gasteiger partial charge in [-0.3, -0.25) is 4.90 Å².